The van der Waals surface area contributed by atoms with Crippen molar-refractivity contribution in [2.24, 2.45) is 0 Å². The predicted octanol–water partition coefficient (Wildman–Crippen LogP) is 2.81. The molecule has 2 heterocycles. The number of fused-ring (bicyclic) bond motifs is 1. The molecule has 0 fully saturated rings. The van der Waals surface area contributed by atoms with Crippen LogP contribution in [0.25, 0.3) is 5.65 Å². The number of hydrogen-bond acceptors (Lipinski definition) is 2. The van der Waals surface area contributed by atoms with Crippen molar-refractivity contribution < 1.29 is 0 Å². The number of aromatic nitrogens is 3. The number of rotatable bonds is 1. The minimum Gasteiger partial charge on any atom is -0.234 e. The SMILES string of the molecule is Cc1cc(Cl)n2nc(C(C)C)cc2n1. The van der Waals surface area contributed by atoms with Crippen molar-refractivity contribution in [3.8, 4) is 0 Å². The van der Waals surface area contributed by atoms with Crippen molar-refractivity contribution in [3.63, 3.8) is 0 Å². The lowest BCUT2D eigenvalue weighted by atomic mass is 10.1. The molecule has 0 aromatic carbocycles. The van der Waals surface area contributed by atoms with E-state index in [0.29, 0.717) is 11.1 Å². The molecule has 0 N–H and O–H groups in total. The van der Waals surface area contributed by atoms with Gasteiger partial charge in [0.1, 0.15) is 5.15 Å². The molecular formula is C10H12ClN3. The zero-order chi connectivity index (χ0) is 10.3. The second-order valence-corrected chi connectivity index (χ2v) is 4.10. The van der Waals surface area contributed by atoms with Crippen LogP contribution in [0, 0.1) is 6.92 Å². The first kappa shape index (κ1) is 9.46. The fourth-order valence-corrected chi connectivity index (χ4v) is 1.64. The van der Waals surface area contributed by atoms with Gasteiger partial charge in [0.25, 0.3) is 0 Å². The second-order valence-electron chi connectivity index (χ2n) is 3.71. The summed E-state index contributed by atoms with van der Waals surface area (Å²) in [5.41, 5.74) is 2.75. The van der Waals surface area contributed by atoms with Crippen molar-refractivity contribution in [1.82, 2.24) is 14.6 Å². The van der Waals surface area contributed by atoms with Gasteiger partial charge < -0.3 is 0 Å². The van der Waals surface area contributed by atoms with E-state index in [4.69, 9.17) is 11.6 Å². The molecule has 74 valence electrons. The highest BCUT2D eigenvalue weighted by Gasteiger charge is 2.08. The molecule has 0 radical (unpaired) electrons. The summed E-state index contributed by atoms with van der Waals surface area (Å²) in [4.78, 5) is 4.36. The van der Waals surface area contributed by atoms with E-state index in [-0.39, 0.29) is 0 Å². The van der Waals surface area contributed by atoms with Crippen LogP contribution in [0.3, 0.4) is 0 Å². The topological polar surface area (TPSA) is 30.2 Å². The minimum atomic E-state index is 0.396. The molecule has 0 amide bonds. The molecule has 4 heteroatoms. The number of aryl methyl sites for hydroxylation is 1. The molecule has 2 aromatic heterocycles. The quantitative estimate of drug-likeness (QED) is 0.677. The van der Waals surface area contributed by atoms with Gasteiger partial charge in [0.05, 0.1) is 5.69 Å². The van der Waals surface area contributed by atoms with Crippen molar-refractivity contribution in [2.75, 3.05) is 0 Å². The van der Waals surface area contributed by atoms with Gasteiger partial charge >= 0.3 is 0 Å². The first-order chi connectivity index (χ1) is 6.58. The van der Waals surface area contributed by atoms with Crippen molar-refractivity contribution in [2.45, 2.75) is 26.7 Å². The molecule has 0 bridgehead atoms. The van der Waals surface area contributed by atoms with Crippen molar-refractivity contribution in [3.05, 3.63) is 28.7 Å². The van der Waals surface area contributed by atoms with E-state index in [0.717, 1.165) is 17.0 Å². The largest absolute Gasteiger partial charge is 0.234 e. The van der Waals surface area contributed by atoms with Gasteiger partial charge in [-0.3, -0.25) is 0 Å². The van der Waals surface area contributed by atoms with Gasteiger partial charge in [0, 0.05) is 11.8 Å². The average molecular weight is 210 g/mol. The van der Waals surface area contributed by atoms with Crippen molar-refractivity contribution in [1.29, 1.82) is 0 Å². The molecule has 2 rings (SSSR count). The molecule has 14 heavy (non-hydrogen) atoms. The molecule has 0 atom stereocenters. The van der Waals surface area contributed by atoms with E-state index in [1.54, 1.807) is 4.52 Å². The lowest BCUT2D eigenvalue weighted by Gasteiger charge is -1.97. The van der Waals surface area contributed by atoms with E-state index in [1.165, 1.54) is 0 Å². The smallest absolute Gasteiger partial charge is 0.157 e. The lowest BCUT2D eigenvalue weighted by molar-refractivity contribution is 0.786. The standard InChI is InChI=1S/C10H12ClN3/c1-6(2)8-5-10-12-7(3)4-9(11)14(10)13-8/h4-6H,1-3H3. The molecule has 2 aromatic rings. The highest BCUT2D eigenvalue weighted by Crippen LogP contribution is 2.18. The van der Waals surface area contributed by atoms with E-state index in [1.807, 2.05) is 19.1 Å². The molecule has 0 unspecified atom stereocenters. The summed E-state index contributed by atoms with van der Waals surface area (Å²) in [6.45, 7) is 6.12. The Balaban J connectivity index is 2.70. The van der Waals surface area contributed by atoms with E-state index < -0.39 is 0 Å². The van der Waals surface area contributed by atoms with Crippen LogP contribution < -0.4 is 0 Å². The van der Waals surface area contributed by atoms with Crippen LogP contribution in [0.4, 0.5) is 0 Å². The monoisotopic (exact) mass is 209 g/mol. The highest BCUT2D eigenvalue weighted by molar-refractivity contribution is 6.29. The maximum Gasteiger partial charge on any atom is 0.157 e. The minimum absolute atomic E-state index is 0.396. The summed E-state index contributed by atoms with van der Waals surface area (Å²) >= 11 is 6.04. The number of nitrogens with zero attached hydrogens (tertiary/aromatic N) is 3. The predicted molar refractivity (Wildman–Crippen MR) is 56.8 cm³/mol. The molecule has 0 saturated heterocycles. The lowest BCUT2D eigenvalue weighted by Crippen LogP contribution is -1.94. The number of halogens is 1. The van der Waals surface area contributed by atoms with Gasteiger partial charge in [-0.15, -0.1) is 0 Å². The molecule has 3 nitrogen and oxygen atoms in total. The second kappa shape index (κ2) is 3.24. The summed E-state index contributed by atoms with van der Waals surface area (Å²) in [5, 5.41) is 4.99. The Morgan fingerprint density at radius 2 is 2.07 bits per heavy atom. The zero-order valence-corrected chi connectivity index (χ0v) is 9.21. The highest BCUT2D eigenvalue weighted by atomic mass is 35.5. The number of hydrogen-bond donors (Lipinski definition) is 0. The zero-order valence-electron chi connectivity index (χ0n) is 8.45. The van der Waals surface area contributed by atoms with Gasteiger partial charge in [-0.2, -0.15) is 5.10 Å². The first-order valence-electron chi connectivity index (χ1n) is 4.61. The van der Waals surface area contributed by atoms with E-state index in [9.17, 15) is 0 Å². The Hall–Kier alpha value is -1.09. The third kappa shape index (κ3) is 1.48. The third-order valence-corrected chi connectivity index (χ3v) is 2.39. The normalized spacial score (nSPS) is 11.5. The Labute approximate surface area is 87.7 Å². The molecule has 0 aliphatic carbocycles. The van der Waals surface area contributed by atoms with Gasteiger partial charge in [-0.05, 0) is 18.9 Å². The Kier molecular flexibility index (Phi) is 2.19. The van der Waals surface area contributed by atoms with Gasteiger partial charge in [-0.25, -0.2) is 9.50 Å². The third-order valence-electron chi connectivity index (χ3n) is 2.12. The van der Waals surface area contributed by atoms with Crippen LogP contribution in [-0.2, 0) is 0 Å². The average Bonchev–Trinajstić information content (AvgIpc) is 2.47. The van der Waals surface area contributed by atoms with Crippen LogP contribution in [0.2, 0.25) is 5.15 Å². The summed E-state index contributed by atoms with van der Waals surface area (Å²) in [6.07, 6.45) is 0. The Morgan fingerprint density at radius 1 is 1.36 bits per heavy atom. The molecule has 0 spiro atoms. The summed E-state index contributed by atoms with van der Waals surface area (Å²) in [6, 6.07) is 3.79. The van der Waals surface area contributed by atoms with E-state index in [2.05, 4.69) is 23.9 Å². The van der Waals surface area contributed by atoms with Crippen LogP contribution in [0.15, 0.2) is 12.1 Å². The van der Waals surface area contributed by atoms with Crippen molar-refractivity contribution >= 4 is 17.2 Å². The van der Waals surface area contributed by atoms with E-state index >= 15 is 0 Å². The molecule has 0 aliphatic rings. The maximum atomic E-state index is 6.04. The molecule has 0 saturated carbocycles. The van der Waals surface area contributed by atoms with Gasteiger partial charge in [0.2, 0.25) is 0 Å². The summed E-state index contributed by atoms with van der Waals surface area (Å²) in [7, 11) is 0. The summed E-state index contributed by atoms with van der Waals surface area (Å²) in [5.74, 6) is 0.396. The summed E-state index contributed by atoms with van der Waals surface area (Å²) < 4.78 is 1.67. The first-order valence-corrected chi connectivity index (χ1v) is 4.98. The van der Waals surface area contributed by atoms with Gasteiger partial charge in [0.15, 0.2) is 5.65 Å². The Morgan fingerprint density at radius 3 is 2.71 bits per heavy atom. The fraction of sp³-hybridized carbons (Fsp3) is 0.400. The molecule has 0 aliphatic heterocycles. The fourth-order valence-electron chi connectivity index (χ4n) is 1.35. The Bertz CT molecular complexity index is 473. The van der Waals surface area contributed by atoms with Gasteiger partial charge in [-0.1, -0.05) is 25.4 Å². The van der Waals surface area contributed by atoms with Crippen LogP contribution in [0.5, 0.6) is 0 Å². The van der Waals surface area contributed by atoms with Crippen LogP contribution in [0.1, 0.15) is 31.2 Å². The maximum absolute atomic E-state index is 6.04. The molecular weight excluding hydrogens is 198 g/mol. The van der Waals surface area contributed by atoms with Crippen LogP contribution in [-0.4, -0.2) is 14.6 Å². The van der Waals surface area contributed by atoms with Crippen LogP contribution >= 0.6 is 11.6 Å².